The number of hydrogen-bond acceptors (Lipinski definition) is 4. The van der Waals surface area contributed by atoms with Gasteiger partial charge in [0.05, 0.1) is 29.7 Å². The summed E-state index contributed by atoms with van der Waals surface area (Å²) in [6, 6.07) is 9.91. The van der Waals surface area contributed by atoms with Crippen LogP contribution in [0.4, 0.5) is 4.39 Å². The molecule has 0 aliphatic heterocycles. The maximum absolute atomic E-state index is 13.9. The molecule has 0 atom stereocenters. The Morgan fingerprint density at radius 2 is 1.80 bits per heavy atom. The molecule has 30 heavy (non-hydrogen) atoms. The fourth-order valence-corrected chi connectivity index (χ4v) is 3.74. The zero-order valence-electron chi connectivity index (χ0n) is 18.2. The third-order valence-electron chi connectivity index (χ3n) is 5.00. The zero-order valence-corrected chi connectivity index (χ0v) is 18.2. The molecule has 0 amide bonds. The average Bonchev–Trinajstić information content (AvgIpc) is 2.71. The van der Waals surface area contributed by atoms with Crippen molar-refractivity contribution in [3.05, 3.63) is 64.0 Å². The Kier molecular flexibility index (Phi) is 7.21. The fraction of sp³-hybridized carbons (Fsp3) is 0.417. The summed E-state index contributed by atoms with van der Waals surface area (Å²) < 4.78 is 21.3. The van der Waals surface area contributed by atoms with Gasteiger partial charge in [0.2, 0.25) is 0 Å². The first kappa shape index (κ1) is 22.0. The van der Waals surface area contributed by atoms with Gasteiger partial charge in [-0.15, -0.1) is 0 Å². The Morgan fingerprint density at radius 3 is 2.47 bits per heavy atom. The van der Waals surface area contributed by atoms with Gasteiger partial charge in [-0.05, 0) is 75.7 Å². The van der Waals surface area contributed by atoms with Crippen LogP contribution in [0, 0.1) is 12.7 Å². The second kappa shape index (κ2) is 9.85. The van der Waals surface area contributed by atoms with Crippen LogP contribution >= 0.6 is 0 Å². The van der Waals surface area contributed by atoms with Crippen molar-refractivity contribution in [2.45, 2.75) is 47.1 Å². The molecule has 0 spiro atoms. The standard InChI is InChI=1S/C24H30FN3O2/c1-5-12-27(13-6-2)16-23-26-20-10-9-18(25)15-19(20)24(29)28(23)21-11-8-17(4)14-22(21)30-7-3/h8-11,14-15H,5-7,12-13,16H2,1-4H3. The molecule has 0 radical (unpaired) electrons. The van der Waals surface area contributed by atoms with E-state index in [1.165, 1.54) is 12.1 Å². The maximum atomic E-state index is 13.9. The van der Waals surface area contributed by atoms with Crippen molar-refractivity contribution in [2.75, 3.05) is 19.7 Å². The SMILES string of the molecule is CCCN(CCC)Cc1nc2ccc(F)cc2c(=O)n1-c1ccc(C)cc1OCC. The van der Waals surface area contributed by atoms with Crippen molar-refractivity contribution in [2.24, 2.45) is 0 Å². The van der Waals surface area contributed by atoms with Gasteiger partial charge in [-0.3, -0.25) is 14.3 Å². The van der Waals surface area contributed by atoms with Gasteiger partial charge in [0.15, 0.2) is 0 Å². The lowest BCUT2D eigenvalue weighted by atomic mass is 10.2. The third-order valence-corrected chi connectivity index (χ3v) is 5.00. The number of aryl methyl sites for hydroxylation is 1. The molecule has 3 rings (SSSR count). The molecular formula is C24H30FN3O2. The van der Waals surface area contributed by atoms with E-state index in [-0.39, 0.29) is 10.9 Å². The van der Waals surface area contributed by atoms with Gasteiger partial charge in [0, 0.05) is 0 Å². The van der Waals surface area contributed by atoms with E-state index in [0.29, 0.717) is 35.9 Å². The minimum atomic E-state index is -0.451. The summed E-state index contributed by atoms with van der Waals surface area (Å²) in [7, 11) is 0. The number of nitrogens with zero attached hydrogens (tertiary/aromatic N) is 3. The minimum Gasteiger partial charge on any atom is -0.492 e. The number of hydrogen-bond donors (Lipinski definition) is 0. The Morgan fingerprint density at radius 1 is 1.07 bits per heavy atom. The highest BCUT2D eigenvalue weighted by molar-refractivity contribution is 5.78. The predicted octanol–water partition coefficient (Wildman–Crippen LogP) is 4.85. The van der Waals surface area contributed by atoms with E-state index < -0.39 is 5.82 Å². The molecule has 0 aliphatic carbocycles. The van der Waals surface area contributed by atoms with E-state index in [2.05, 4.69) is 18.7 Å². The summed E-state index contributed by atoms with van der Waals surface area (Å²) in [5, 5.41) is 0.263. The van der Waals surface area contributed by atoms with Crippen LogP contribution in [0.15, 0.2) is 41.2 Å². The Bertz CT molecular complexity index is 1070. The van der Waals surface area contributed by atoms with E-state index >= 15 is 0 Å². The van der Waals surface area contributed by atoms with Crippen LogP contribution in [0.3, 0.4) is 0 Å². The molecule has 1 heterocycles. The minimum absolute atomic E-state index is 0.263. The van der Waals surface area contributed by atoms with Gasteiger partial charge in [-0.2, -0.15) is 0 Å². The number of aromatic nitrogens is 2. The lowest BCUT2D eigenvalue weighted by Gasteiger charge is -2.23. The normalized spacial score (nSPS) is 11.4. The fourth-order valence-electron chi connectivity index (χ4n) is 3.74. The number of rotatable bonds is 9. The second-order valence-corrected chi connectivity index (χ2v) is 7.51. The van der Waals surface area contributed by atoms with Crippen molar-refractivity contribution < 1.29 is 9.13 Å². The van der Waals surface area contributed by atoms with Gasteiger partial charge < -0.3 is 4.74 Å². The first-order valence-corrected chi connectivity index (χ1v) is 10.7. The lowest BCUT2D eigenvalue weighted by molar-refractivity contribution is 0.257. The van der Waals surface area contributed by atoms with Crippen molar-refractivity contribution >= 4 is 10.9 Å². The van der Waals surface area contributed by atoms with Gasteiger partial charge >= 0.3 is 0 Å². The molecular weight excluding hydrogens is 381 g/mol. The van der Waals surface area contributed by atoms with Gasteiger partial charge in [-0.1, -0.05) is 19.9 Å². The molecule has 0 fully saturated rings. The summed E-state index contributed by atoms with van der Waals surface area (Å²) in [5.74, 6) is 0.801. The maximum Gasteiger partial charge on any atom is 0.266 e. The van der Waals surface area contributed by atoms with Crippen LogP contribution in [0.5, 0.6) is 5.75 Å². The molecule has 0 saturated carbocycles. The van der Waals surface area contributed by atoms with Crippen molar-refractivity contribution in [1.82, 2.24) is 14.5 Å². The van der Waals surface area contributed by atoms with E-state index in [1.54, 1.807) is 10.6 Å². The molecule has 2 aromatic carbocycles. The predicted molar refractivity (Wildman–Crippen MR) is 119 cm³/mol. The van der Waals surface area contributed by atoms with E-state index in [1.807, 2.05) is 32.0 Å². The van der Waals surface area contributed by atoms with Crippen LogP contribution in [0.2, 0.25) is 0 Å². The summed E-state index contributed by atoms with van der Waals surface area (Å²) in [5.41, 5.74) is 1.89. The van der Waals surface area contributed by atoms with Crippen LogP contribution in [-0.2, 0) is 6.54 Å². The Hall–Kier alpha value is -2.73. The van der Waals surface area contributed by atoms with Crippen LogP contribution in [0.25, 0.3) is 16.6 Å². The molecule has 6 heteroatoms. The molecule has 3 aromatic rings. The molecule has 5 nitrogen and oxygen atoms in total. The molecule has 0 saturated heterocycles. The topological polar surface area (TPSA) is 47.4 Å². The highest BCUT2D eigenvalue weighted by atomic mass is 19.1. The monoisotopic (exact) mass is 411 g/mol. The molecule has 0 bridgehead atoms. The lowest BCUT2D eigenvalue weighted by Crippen LogP contribution is -2.31. The van der Waals surface area contributed by atoms with E-state index in [0.717, 1.165) is 31.5 Å². The van der Waals surface area contributed by atoms with Gasteiger partial charge in [-0.25, -0.2) is 9.37 Å². The number of ether oxygens (including phenoxy) is 1. The molecule has 1 aromatic heterocycles. The molecule has 160 valence electrons. The van der Waals surface area contributed by atoms with Crippen molar-refractivity contribution in [3.63, 3.8) is 0 Å². The highest BCUT2D eigenvalue weighted by Gasteiger charge is 2.18. The smallest absolute Gasteiger partial charge is 0.266 e. The Balaban J connectivity index is 2.27. The summed E-state index contributed by atoms with van der Waals surface area (Å²) in [4.78, 5) is 20.6. The summed E-state index contributed by atoms with van der Waals surface area (Å²) in [6.07, 6.45) is 2.02. The zero-order chi connectivity index (χ0) is 21.7. The van der Waals surface area contributed by atoms with Crippen molar-refractivity contribution in [1.29, 1.82) is 0 Å². The molecule has 0 unspecified atom stereocenters. The molecule has 0 N–H and O–H groups in total. The van der Waals surface area contributed by atoms with Crippen LogP contribution in [-0.4, -0.2) is 34.1 Å². The van der Waals surface area contributed by atoms with Crippen molar-refractivity contribution in [3.8, 4) is 11.4 Å². The number of halogens is 1. The highest BCUT2D eigenvalue weighted by Crippen LogP contribution is 2.26. The quantitative estimate of drug-likeness (QED) is 0.505. The Labute approximate surface area is 177 Å². The second-order valence-electron chi connectivity index (χ2n) is 7.51. The largest absolute Gasteiger partial charge is 0.492 e. The number of benzene rings is 2. The number of fused-ring (bicyclic) bond motifs is 1. The first-order valence-electron chi connectivity index (χ1n) is 10.7. The van der Waals surface area contributed by atoms with Gasteiger partial charge in [0.1, 0.15) is 17.4 Å². The summed E-state index contributed by atoms with van der Waals surface area (Å²) in [6.45, 7) is 11.0. The van der Waals surface area contributed by atoms with Crippen LogP contribution < -0.4 is 10.3 Å². The average molecular weight is 412 g/mol. The van der Waals surface area contributed by atoms with Crippen LogP contribution in [0.1, 0.15) is 45.0 Å². The molecule has 0 aliphatic rings. The van der Waals surface area contributed by atoms with E-state index in [4.69, 9.17) is 9.72 Å². The van der Waals surface area contributed by atoms with Gasteiger partial charge in [0.25, 0.3) is 5.56 Å². The van der Waals surface area contributed by atoms with E-state index in [9.17, 15) is 9.18 Å². The summed E-state index contributed by atoms with van der Waals surface area (Å²) >= 11 is 0. The third kappa shape index (κ3) is 4.70. The first-order chi connectivity index (χ1) is 14.5.